The third kappa shape index (κ3) is 2.59. The Bertz CT molecular complexity index is 254. The minimum Gasteiger partial charge on any atom is -0.338 e. The van der Waals surface area contributed by atoms with Crippen LogP contribution in [0.25, 0.3) is 0 Å². The van der Waals surface area contributed by atoms with E-state index in [9.17, 15) is 4.79 Å². The number of hydrogen-bond acceptors (Lipinski definition) is 2. The molecule has 1 aliphatic heterocycles. The molecular weight excluding hydrogens is 188 g/mol. The second-order valence-corrected chi connectivity index (χ2v) is 4.66. The minimum absolute atomic E-state index is 0.247. The van der Waals surface area contributed by atoms with Crippen molar-refractivity contribution in [2.75, 3.05) is 13.1 Å². The Hall–Kier alpha value is -0.830. The van der Waals surface area contributed by atoms with E-state index in [-0.39, 0.29) is 5.92 Å². The smallest absolute Gasteiger partial charge is 0.225 e. The standard InChI is InChI=1S/C12H20N2O/c13-11-6-4-10(5-7-11)12(15)14-8-2-1-3-9-14/h1-2,10-11H,3-9,13H2. The molecule has 0 bridgehead atoms. The lowest BCUT2D eigenvalue weighted by atomic mass is 9.85. The largest absolute Gasteiger partial charge is 0.338 e. The van der Waals surface area contributed by atoms with Crippen LogP contribution in [-0.2, 0) is 4.79 Å². The summed E-state index contributed by atoms with van der Waals surface area (Å²) in [5, 5.41) is 0. The first-order valence-corrected chi connectivity index (χ1v) is 5.97. The van der Waals surface area contributed by atoms with Crippen LogP contribution in [0, 0.1) is 5.92 Å². The fraction of sp³-hybridized carbons (Fsp3) is 0.750. The van der Waals surface area contributed by atoms with E-state index in [0.29, 0.717) is 11.9 Å². The molecule has 2 N–H and O–H groups in total. The first kappa shape index (κ1) is 10.7. The molecule has 0 aromatic heterocycles. The van der Waals surface area contributed by atoms with E-state index in [2.05, 4.69) is 12.2 Å². The molecule has 1 amide bonds. The van der Waals surface area contributed by atoms with Crippen molar-refractivity contribution in [3.8, 4) is 0 Å². The molecule has 1 aliphatic carbocycles. The van der Waals surface area contributed by atoms with Crippen molar-refractivity contribution in [2.45, 2.75) is 38.1 Å². The predicted molar refractivity (Wildman–Crippen MR) is 60.3 cm³/mol. The minimum atomic E-state index is 0.247. The summed E-state index contributed by atoms with van der Waals surface area (Å²) in [6.45, 7) is 1.71. The van der Waals surface area contributed by atoms with Crippen LogP contribution in [0.1, 0.15) is 32.1 Å². The van der Waals surface area contributed by atoms with Gasteiger partial charge in [0.2, 0.25) is 5.91 Å². The zero-order valence-corrected chi connectivity index (χ0v) is 9.19. The molecule has 0 unspecified atom stereocenters. The van der Waals surface area contributed by atoms with Crippen LogP contribution in [-0.4, -0.2) is 29.9 Å². The van der Waals surface area contributed by atoms with Gasteiger partial charge in [0.15, 0.2) is 0 Å². The number of carbonyl (C=O) groups excluding carboxylic acids is 1. The summed E-state index contributed by atoms with van der Waals surface area (Å²) in [4.78, 5) is 14.1. The molecule has 0 radical (unpaired) electrons. The number of amides is 1. The molecule has 3 nitrogen and oxygen atoms in total. The van der Waals surface area contributed by atoms with E-state index in [1.54, 1.807) is 0 Å². The van der Waals surface area contributed by atoms with Crippen LogP contribution in [0.5, 0.6) is 0 Å². The number of carbonyl (C=O) groups is 1. The molecule has 1 saturated carbocycles. The summed E-state index contributed by atoms with van der Waals surface area (Å²) in [6.07, 6.45) is 9.26. The average Bonchev–Trinajstić information content (AvgIpc) is 2.30. The van der Waals surface area contributed by atoms with Crippen LogP contribution >= 0.6 is 0 Å². The molecule has 1 fully saturated rings. The van der Waals surface area contributed by atoms with Crippen LogP contribution in [0.2, 0.25) is 0 Å². The number of rotatable bonds is 1. The zero-order chi connectivity index (χ0) is 10.7. The number of nitrogens with two attached hydrogens (primary N) is 1. The Morgan fingerprint density at radius 1 is 1.20 bits per heavy atom. The quantitative estimate of drug-likeness (QED) is 0.660. The maximum atomic E-state index is 12.1. The summed E-state index contributed by atoms with van der Waals surface area (Å²) >= 11 is 0. The Kier molecular flexibility index (Phi) is 3.41. The lowest BCUT2D eigenvalue weighted by molar-refractivity contribution is -0.136. The van der Waals surface area contributed by atoms with Gasteiger partial charge < -0.3 is 10.6 Å². The van der Waals surface area contributed by atoms with Gasteiger partial charge in [-0.2, -0.15) is 0 Å². The molecule has 0 aromatic rings. The summed E-state index contributed by atoms with van der Waals surface area (Å²) in [6, 6.07) is 0.329. The van der Waals surface area contributed by atoms with Crippen LogP contribution in [0.3, 0.4) is 0 Å². The maximum Gasteiger partial charge on any atom is 0.225 e. The average molecular weight is 208 g/mol. The molecule has 1 heterocycles. The molecule has 15 heavy (non-hydrogen) atoms. The topological polar surface area (TPSA) is 46.3 Å². The number of nitrogens with zero attached hydrogens (tertiary/aromatic N) is 1. The van der Waals surface area contributed by atoms with Gasteiger partial charge in [0.1, 0.15) is 0 Å². The third-order valence-corrected chi connectivity index (χ3v) is 3.49. The van der Waals surface area contributed by atoms with E-state index in [1.807, 2.05) is 4.90 Å². The van der Waals surface area contributed by atoms with Crippen molar-refractivity contribution in [3.63, 3.8) is 0 Å². The maximum absolute atomic E-state index is 12.1. The normalized spacial score (nSPS) is 31.7. The van der Waals surface area contributed by atoms with Crippen LogP contribution in [0.4, 0.5) is 0 Å². The van der Waals surface area contributed by atoms with Crippen LogP contribution < -0.4 is 5.73 Å². The first-order chi connectivity index (χ1) is 7.27. The van der Waals surface area contributed by atoms with Crippen molar-refractivity contribution < 1.29 is 4.79 Å². The van der Waals surface area contributed by atoms with Gasteiger partial charge in [-0.25, -0.2) is 0 Å². The zero-order valence-electron chi connectivity index (χ0n) is 9.19. The molecule has 2 aliphatic rings. The first-order valence-electron chi connectivity index (χ1n) is 5.97. The van der Waals surface area contributed by atoms with Gasteiger partial charge in [0.25, 0.3) is 0 Å². The van der Waals surface area contributed by atoms with Crippen molar-refractivity contribution in [2.24, 2.45) is 11.7 Å². The third-order valence-electron chi connectivity index (χ3n) is 3.49. The summed E-state index contributed by atoms with van der Waals surface area (Å²) < 4.78 is 0. The fourth-order valence-corrected chi connectivity index (χ4v) is 2.47. The molecule has 2 rings (SSSR count). The Labute approximate surface area is 91.3 Å². The van der Waals surface area contributed by atoms with E-state index >= 15 is 0 Å². The Morgan fingerprint density at radius 2 is 1.93 bits per heavy atom. The summed E-state index contributed by atoms with van der Waals surface area (Å²) in [7, 11) is 0. The molecule has 3 heteroatoms. The monoisotopic (exact) mass is 208 g/mol. The SMILES string of the molecule is NC1CCC(C(=O)N2CC=CCC2)CC1. The lowest BCUT2D eigenvalue weighted by Gasteiger charge is -2.31. The van der Waals surface area contributed by atoms with Gasteiger partial charge >= 0.3 is 0 Å². The van der Waals surface area contributed by atoms with Gasteiger partial charge in [0.05, 0.1) is 0 Å². The van der Waals surface area contributed by atoms with E-state index in [4.69, 9.17) is 5.73 Å². The van der Waals surface area contributed by atoms with Gasteiger partial charge in [-0.3, -0.25) is 4.79 Å². The van der Waals surface area contributed by atoms with Gasteiger partial charge in [-0.15, -0.1) is 0 Å². The highest BCUT2D eigenvalue weighted by molar-refractivity contribution is 5.79. The van der Waals surface area contributed by atoms with E-state index < -0.39 is 0 Å². The summed E-state index contributed by atoms with van der Waals surface area (Å²) in [5.41, 5.74) is 5.84. The number of hydrogen-bond donors (Lipinski definition) is 1. The highest BCUT2D eigenvalue weighted by Crippen LogP contribution is 2.25. The van der Waals surface area contributed by atoms with Crippen molar-refractivity contribution in [1.29, 1.82) is 0 Å². The fourth-order valence-electron chi connectivity index (χ4n) is 2.47. The summed E-state index contributed by atoms with van der Waals surface area (Å²) in [5.74, 6) is 0.600. The van der Waals surface area contributed by atoms with Gasteiger partial charge in [-0.1, -0.05) is 12.2 Å². The second kappa shape index (κ2) is 4.79. The molecular formula is C12H20N2O. The van der Waals surface area contributed by atoms with Crippen LogP contribution in [0.15, 0.2) is 12.2 Å². The van der Waals surface area contributed by atoms with Crippen molar-refractivity contribution in [3.05, 3.63) is 12.2 Å². The molecule has 0 atom stereocenters. The van der Waals surface area contributed by atoms with Crippen molar-refractivity contribution >= 4 is 5.91 Å². The van der Waals surface area contributed by atoms with Crippen molar-refractivity contribution in [1.82, 2.24) is 4.90 Å². The Morgan fingerprint density at radius 3 is 2.53 bits per heavy atom. The predicted octanol–water partition coefficient (Wildman–Crippen LogP) is 1.29. The van der Waals surface area contributed by atoms with E-state index in [1.165, 1.54) is 0 Å². The highest BCUT2D eigenvalue weighted by Gasteiger charge is 2.27. The van der Waals surface area contributed by atoms with E-state index in [0.717, 1.165) is 45.2 Å². The molecule has 0 saturated heterocycles. The highest BCUT2D eigenvalue weighted by atomic mass is 16.2. The molecule has 0 aromatic carbocycles. The Balaban J connectivity index is 1.87. The lowest BCUT2D eigenvalue weighted by Crippen LogP contribution is -2.40. The van der Waals surface area contributed by atoms with Gasteiger partial charge in [-0.05, 0) is 32.1 Å². The molecule has 84 valence electrons. The molecule has 0 spiro atoms. The second-order valence-electron chi connectivity index (χ2n) is 4.66. The van der Waals surface area contributed by atoms with Gasteiger partial charge in [0, 0.05) is 25.0 Å².